The second kappa shape index (κ2) is 9.51. The van der Waals surface area contributed by atoms with Gasteiger partial charge in [0, 0.05) is 37.0 Å². The first-order chi connectivity index (χ1) is 16.2. The van der Waals surface area contributed by atoms with Gasteiger partial charge in [-0.1, -0.05) is 0 Å². The Labute approximate surface area is 198 Å². The van der Waals surface area contributed by atoms with Gasteiger partial charge in [0.15, 0.2) is 6.10 Å². The summed E-state index contributed by atoms with van der Waals surface area (Å²) in [6.45, 7) is 1.96. The summed E-state index contributed by atoms with van der Waals surface area (Å²) in [4.78, 5) is 24.9. The van der Waals surface area contributed by atoms with Crippen LogP contribution in [0, 0.1) is 5.92 Å². The normalized spacial score (nSPS) is 20.5. The van der Waals surface area contributed by atoms with E-state index in [9.17, 15) is 18.0 Å². The molecule has 0 aromatic heterocycles. The molecule has 34 heavy (non-hydrogen) atoms. The molecule has 2 atom stereocenters. The van der Waals surface area contributed by atoms with Crippen LogP contribution in [0.2, 0.25) is 0 Å². The lowest BCUT2D eigenvalue weighted by molar-refractivity contribution is -0.123. The average Bonchev–Trinajstić information content (AvgIpc) is 2.84. The van der Waals surface area contributed by atoms with Gasteiger partial charge in [-0.2, -0.15) is 4.31 Å². The average molecular weight is 490 g/mol. The van der Waals surface area contributed by atoms with E-state index in [-0.39, 0.29) is 23.3 Å². The number of piperidine rings is 1. The molecule has 2 aromatic carbocycles. The van der Waals surface area contributed by atoms with Crippen LogP contribution in [0.15, 0.2) is 41.3 Å². The van der Waals surface area contributed by atoms with Crippen LogP contribution in [0.1, 0.15) is 19.8 Å². The third-order valence-corrected chi connectivity index (χ3v) is 7.75. The molecule has 0 spiro atoms. The molecule has 0 aliphatic carbocycles. The smallest absolute Gasteiger partial charge is 0.265 e. The van der Waals surface area contributed by atoms with Gasteiger partial charge >= 0.3 is 0 Å². The summed E-state index contributed by atoms with van der Waals surface area (Å²) in [6, 6.07) is 9.40. The molecule has 2 aliphatic rings. The van der Waals surface area contributed by atoms with E-state index in [0.717, 1.165) is 0 Å². The quantitative estimate of drug-likeness (QED) is 0.639. The minimum atomic E-state index is -3.88. The summed E-state index contributed by atoms with van der Waals surface area (Å²) in [6.07, 6.45) is 0.451. The fraction of sp³-hybridized carbons (Fsp3) is 0.391. The van der Waals surface area contributed by atoms with Gasteiger partial charge in [0.25, 0.3) is 5.91 Å². The third kappa shape index (κ3) is 4.80. The second-order valence-corrected chi connectivity index (χ2v) is 10.1. The molecule has 0 radical (unpaired) electrons. The highest BCUT2D eigenvalue weighted by Gasteiger charge is 2.34. The number of hydrogen-bond acceptors (Lipinski definition) is 7. The number of nitrogens with one attached hydrogen (secondary N) is 2. The highest BCUT2D eigenvalue weighted by molar-refractivity contribution is 7.89. The molecular weight excluding hydrogens is 462 g/mol. The van der Waals surface area contributed by atoms with Crippen molar-refractivity contribution in [1.82, 2.24) is 4.31 Å². The predicted octanol–water partition coefficient (Wildman–Crippen LogP) is 2.46. The van der Waals surface area contributed by atoms with E-state index in [1.54, 1.807) is 25.1 Å². The molecule has 0 unspecified atom stereocenters. The maximum Gasteiger partial charge on any atom is 0.265 e. The van der Waals surface area contributed by atoms with Gasteiger partial charge in [-0.05, 0) is 38.0 Å². The van der Waals surface area contributed by atoms with Gasteiger partial charge in [0.2, 0.25) is 15.9 Å². The van der Waals surface area contributed by atoms with Crippen molar-refractivity contribution < 1.29 is 32.2 Å². The first-order valence-electron chi connectivity index (χ1n) is 10.9. The fourth-order valence-electron chi connectivity index (χ4n) is 4.00. The molecule has 11 heteroatoms. The Kier molecular flexibility index (Phi) is 6.67. The van der Waals surface area contributed by atoms with Crippen molar-refractivity contribution in [1.29, 1.82) is 0 Å². The molecule has 182 valence electrons. The summed E-state index contributed by atoms with van der Waals surface area (Å²) < 4.78 is 43.9. The van der Waals surface area contributed by atoms with Crippen molar-refractivity contribution in [2.24, 2.45) is 5.92 Å². The number of ether oxygens (including phenoxy) is 3. The molecular formula is C23H27N3O7S. The highest BCUT2D eigenvalue weighted by Crippen LogP contribution is 2.34. The second-order valence-electron chi connectivity index (χ2n) is 8.20. The number of fused-ring (bicyclic) bond motifs is 1. The van der Waals surface area contributed by atoms with Crippen LogP contribution in [-0.2, 0) is 19.6 Å². The lowest BCUT2D eigenvalue weighted by atomic mass is 9.98. The van der Waals surface area contributed by atoms with Crippen LogP contribution in [0.25, 0.3) is 0 Å². The Balaban J connectivity index is 1.50. The number of nitrogens with zero attached hydrogens (tertiary/aromatic N) is 1. The number of carbonyl (C=O) groups is 2. The molecule has 4 rings (SSSR count). The van der Waals surface area contributed by atoms with Crippen molar-refractivity contribution >= 4 is 33.2 Å². The summed E-state index contributed by atoms with van der Waals surface area (Å²) in [5.41, 5.74) is 0.809. The summed E-state index contributed by atoms with van der Waals surface area (Å²) in [7, 11) is -0.847. The Morgan fingerprint density at radius 1 is 1.15 bits per heavy atom. The minimum Gasteiger partial charge on any atom is -0.497 e. The van der Waals surface area contributed by atoms with E-state index in [1.165, 1.54) is 36.7 Å². The number of methoxy groups -OCH3 is 2. The topological polar surface area (TPSA) is 123 Å². The zero-order chi connectivity index (χ0) is 24.5. The number of carbonyl (C=O) groups excluding carboxylic acids is 2. The molecule has 2 heterocycles. The Morgan fingerprint density at radius 3 is 2.53 bits per heavy atom. The Morgan fingerprint density at radius 2 is 1.85 bits per heavy atom. The molecule has 2 aromatic rings. The van der Waals surface area contributed by atoms with Crippen molar-refractivity contribution in [2.75, 3.05) is 37.9 Å². The monoisotopic (exact) mass is 489 g/mol. The molecule has 2 aliphatic heterocycles. The minimum absolute atomic E-state index is 0.0308. The fourth-order valence-corrected chi connectivity index (χ4v) is 5.55. The molecule has 0 bridgehead atoms. The summed E-state index contributed by atoms with van der Waals surface area (Å²) in [5, 5.41) is 5.50. The summed E-state index contributed by atoms with van der Waals surface area (Å²) in [5.74, 6) is 0.319. The van der Waals surface area contributed by atoms with Crippen LogP contribution in [-0.4, -0.2) is 58.0 Å². The van der Waals surface area contributed by atoms with Gasteiger partial charge in [-0.15, -0.1) is 0 Å². The van der Waals surface area contributed by atoms with Crippen LogP contribution in [0.3, 0.4) is 0 Å². The van der Waals surface area contributed by atoms with E-state index < -0.39 is 22.0 Å². The van der Waals surface area contributed by atoms with Crippen molar-refractivity contribution in [2.45, 2.75) is 30.8 Å². The van der Waals surface area contributed by atoms with Gasteiger partial charge in [-0.25, -0.2) is 8.42 Å². The van der Waals surface area contributed by atoms with Crippen LogP contribution < -0.4 is 24.8 Å². The lowest BCUT2D eigenvalue weighted by Gasteiger charge is -2.31. The van der Waals surface area contributed by atoms with E-state index >= 15 is 0 Å². The largest absolute Gasteiger partial charge is 0.497 e. The molecule has 1 fully saturated rings. The maximum absolute atomic E-state index is 13.3. The zero-order valence-electron chi connectivity index (χ0n) is 19.2. The Bertz CT molecular complexity index is 1190. The standard InChI is InChI=1S/C23H27N3O7S/c1-14-22(27)25-20-12-19(6-7-21(20)33-14)34(29,30)26-8-4-5-15(13-26)23(28)24-16-9-17(31-2)11-18(10-16)32-3/h6-7,9-12,14-15H,4-5,8,13H2,1-3H3,(H,24,28)(H,25,27)/t14-,15-/m0/s1. The van der Waals surface area contributed by atoms with Crippen LogP contribution in [0.5, 0.6) is 17.2 Å². The molecule has 2 N–H and O–H groups in total. The lowest BCUT2D eigenvalue weighted by Crippen LogP contribution is -2.43. The van der Waals surface area contributed by atoms with E-state index in [0.29, 0.717) is 48.0 Å². The number of benzene rings is 2. The molecule has 1 saturated heterocycles. The number of rotatable bonds is 6. The zero-order valence-corrected chi connectivity index (χ0v) is 20.0. The van der Waals surface area contributed by atoms with Gasteiger partial charge in [0.1, 0.15) is 17.2 Å². The molecule has 0 saturated carbocycles. The molecule has 10 nitrogen and oxygen atoms in total. The van der Waals surface area contributed by atoms with Gasteiger partial charge in [0.05, 0.1) is 30.7 Å². The summed E-state index contributed by atoms with van der Waals surface area (Å²) >= 11 is 0. The number of anilines is 2. The van der Waals surface area contributed by atoms with E-state index in [1.807, 2.05) is 0 Å². The predicted molar refractivity (Wildman–Crippen MR) is 125 cm³/mol. The van der Waals surface area contributed by atoms with Crippen molar-refractivity contribution in [3.63, 3.8) is 0 Å². The first kappa shape index (κ1) is 23.8. The third-order valence-electron chi connectivity index (χ3n) is 5.89. The van der Waals surface area contributed by atoms with E-state index in [4.69, 9.17) is 14.2 Å². The van der Waals surface area contributed by atoms with Gasteiger partial charge < -0.3 is 24.8 Å². The number of amides is 2. The van der Waals surface area contributed by atoms with Crippen molar-refractivity contribution in [3.05, 3.63) is 36.4 Å². The maximum atomic E-state index is 13.3. The van der Waals surface area contributed by atoms with E-state index in [2.05, 4.69) is 10.6 Å². The SMILES string of the molecule is COc1cc(NC(=O)[C@H]2CCCN(S(=O)(=O)c3ccc4c(c3)NC(=O)[C@H](C)O4)C2)cc(OC)c1. The number of hydrogen-bond donors (Lipinski definition) is 2. The van der Waals surface area contributed by atoms with Crippen molar-refractivity contribution in [3.8, 4) is 17.2 Å². The van der Waals surface area contributed by atoms with Crippen LogP contribution >= 0.6 is 0 Å². The number of sulfonamides is 1. The molecule has 2 amide bonds. The highest BCUT2D eigenvalue weighted by atomic mass is 32.2. The Hall–Kier alpha value is -3.31. The van der Waals surface area contributed by atoms with Gasteiger partial charge in [-0.3, -0.25) is 9.59 Å². The van der Waals surface area contributed by atoms with Crippen LogP contribution in [0.4, 0.5) is 11.4 Å². The first-order valence-corrected chi connectivity index (χ1v) is 12.3.